The summed E-state index contributed by atoms with van der Waals surface area (Å²) in [6, 6.07) is 9.59. The number of rotatable bonds is 8. The molecule has 0 aliphatic carbocycles. The molecule has 20 heavy (non-hydrogen) atoms. The molecule has 0 amide bonds. The number of esters is 1. The van der Waals surface area contributed by atoms with Gasteiger partial charge in [0, 0.05) is 18.7 Å². The molecule has 0 aliphatic rings. The van der Waals surface area contributed by atoms with Gasteiger partial charge in [0.1, 0.15) is 0 Å². The van der Waals surface area contributed by atoms with Gasteiger partial charge in [0.05, 0.1) is 12.6 Å². The highest BCUT2D eigenvalue weighted by Crippen LogP contribution is 2.18. The Hall–Kier alpha value is -1.84. The number of hydrogen-bond donors (Lipinski definition) is 0. The lowest BCUT2D eigenvalue weighted by atomic mass is 10.1. The Morgan fingerprint density at radius 2 is 1.90 bits per heavy atom. The molecule has 1 rings (SSSR count). The van der Waals surface area contributed by atoms with E-state index in [1.54, 1.807) is 13.8 Å². The van der Waals surface area contributed by atoms with Gasteiger partial charge in [-0.2, -0.15) is 0 Å². The van der Waals surface area contributed by atoms with Crippen LogP contribution >= 0.6 is 0 Å². The minimum atomic E-state index is -0.195. The minimum Gasteiger partial charge on any atom is -0.466 e. The second kappa shape index (κ2) is 8.35. The fourth-order valence-electron chi connectivity index (χ4n) is 2.01. The molecular weight excluding hydrogens is 254 g/mol. The van der Waals surface area contributed by atoms with Gasteiger partial charge in [-0.1, -0.05) is 18.2 Å². The highest BCUT2D eigenvalue weighted by Gasteiger charge is 2.18. The summed E-state index contributed by atoms with van der Waals surface area (Å²) >= 11 is 0. The number of benzene rings is 1. The molecule has 1 atom stereocenters. The van der Waals surface area contributed by atoms with Gasteiger partial charge in [0.15, 0.2) is 5.78 Å². The number of para-hydroxylation sites is 1. The summed E-state index contributed by atoms with van der Waals surface area (Å²) < 4.78 is 4.91. The zero-order valence-electron chi connectivity index (χ0n) is 12.5. The number of ether oxygens (including phenoxy) is 1. The zero-order chi connectivity index (χ0) is 15.0. The van der Waals surface area contributed by atoms with E-state index in [9.17, 15) is 9.59 Å². The Morgan fingerprint density at radius 3 is 2.45 bits per heavy atom. The predicted molar refractivity (Wildman–Crippen MR) is 79.8 cm³/mol. The smallest absolute Gasteiger partial charge is 0.305 e. The van der Waals surface area contributed by atoms with Crippen LogP contribution in [0.1, 0.15) is 33.6 Å². The normalized spacial score (nSPS) is 11.8. The molecule has 0 saturated heterocycles. The van der Waals surface area contributed by atoms with Crippen LogP contribution in [0.15, 0.2) is 30.3 Å². The van der Waals surface area contributed by atoms with Crippen LogP contribution < -0.4 is 4.90 Å². The van der Waals surface area contributed by atoms with E-state index in [1.807, 2.05) is 42.2 Å². The van der Waals surface area contributed by atoms with E-state index in [2.05, 4.69) is 0 Å². The fraction of sp³-hybridized carbons (Fsp3) is 0.500. The molecule has 1 aromatic carbocycles. The van der Waals surface area contributed by atoms with Crippen LogP contribution in [0, 0.1) is 0 Å². The number of Topliss-reactive ketones (excluding diaryl/α,β-unsaturated/α-hetero) is 1. The monoisotopic (exact) mass is 277 g/mol. The molecule has 0 spiro atoms. The first kappa shape index (κ1) is 16.2. The van der Waals surface area contributed by atoms with Gasteiger partial charge in [0.25, 0.3) is 0 Å². The number of nitrogens with zero attached hydrogens (tertiary/aromatic N) is 1. The van der Waals surface area contributed by atoms with Crippen LogP contribution in [-0.4, -0.2) is 30.9 Å². The highest BCUT2D eigenvalue weighted by atomic mass is 16.5. The first-order chi connectivity index (χ1) is 9.56. The van der Waals surface area contributed by atoms with Crippen LogP contribution in [-0.2, 0) is 14.3 Å². The Bertz CT molecular complexity index is 431. The van der Waals surface area contributed by atoms with Gasteiger partial charge in [-0.25, -0.2) is 0 Å². The predicted octanol–water partition coefficient (Wildman–Crippen LogP) is 2.81. The Morgan fingerprint density at radius 1 is 1.25 bits per heavy atom. The summed E-state index contributed by atoms with van der Waals surface area (Å²) in [6.45, 7) is 6.34. The van der Waals surface area contributed by atoms with Gasteiger partial charge in [-0.3, -0.25) is 9.59 Å². The second-order valence-electron chi connectivity index (χ2n) is 4.72. The van der Waals surface area contributed by atoms with Crippen molar-refractivity contribution in [2.45, 2.75) is 39.7 Å². The lowest BCUT2D eigenvalue weighted by Crippen LogP contribution is -2.38. The van der Waals surface area contributed by atoms with Gasteiger partial charge >= 0.3 is 5.97 Å². The molecule has 4 nitrogen and oxygen atoms in total. The summed E-state index contributed by atoms with van der Waals surface area (Å²) in [5.74, 6) is -0.0685. The maximum Gasteiger partial charge on any atom is 0.305 e. The van der Waals surface area contributed by atoms with Gasteiger partial charge in [-0.15, -0.1) is 0 Å². The number of anilines is 1. The minimum absolute atomic E-state index is 0.116. The lowest BCUT2D eigenvalue weighted by molar-refractivity contribution is -0.143. The van der Waals surface area contributed by atoms with E-state index in [0.717, 1.165) is 5.69 Å². The van der Waals surface area contributed by atoms with Gasteiger partial charge in [0.2, 0.25) is 0 Å². The van der Waals surface area contributed by atoms with Crippen molar-refractivity contribution in [1.29, 1.82) is 0 Å². The molecule has 0 fully saturated rings. The van der Waals surface area contributed by atoms with E-state index >= 15 is 0 Å². The number of ketones is 1. The van der Waals surface area contributed by atoms with Crippen molar-refractivity contribution in [3.8, 4) is 0 Å². The zero-order valence-corrected chi connectivity index (χ0v) is 12.5. The molecular formula is C16H23NO3. The fourth-order valence-corrected chi connectivity index (χ4v) is 2.01. The maximum absolute atomic E-state index is 11.6. The van der Waals surface area contributed by atoms with Crippen molar-refractivity contribution < 1.29 is 14.3 Å². The van der Waals surface area contributed by atoms with Crippen molar-refractivity contribution in [3.05, 3.63) is 30.3 Å². The quantitative estimate of drug-likeness (QED) is 0.685. The molecule has 0 radical (unpaired) electrons. The molecule has 1 unspecified atom stereocenters. The third-order valence-corrected chi connectivity index (χ3v) is 3.23. The van der Waals surface area contributed by atoms with Gasteiger partial charge in [-0.05, 0) is 39.3 Å². The summed E-state index contributed by atoms with van der Waals surface area (Å²) in [6.07, 6.45) is 1.05. The summed E-state index contributed by atoms with van der Waals surface area (Å²) in [5, 5.41) is 0. The first-order valence-corrected chi connectivity index (χ1v) is 7.04. The molecule has 0 bridgehead atoms. The molecule has 0 N–H and O–H groups in total. The molecule has 1 aromatic rings. The van der Waals surface area contributed by atoms with Crippen molar-refractivity contribution in [3.63, 3.8) is 0 Å². The van der Waals surface area contributed by atoms with Crippen LogP contribution in [0.2, 0.25) is 0 Å². The van der Waals surface area contributed by atoms with Crippen molar-refractivity contribution in [1.82, 2.24) is 0 Å². The molecule has 110 valence electrons. The van der Waals surface area contributed by atoms with Crippen molar-refractivity contribution >= 4 is 17.4 Å². The molecule has 0 saturated carbocycles. The Balaban J connectivity index is 2.65. The van der Waals surface area contributed by atoms with E-state index in [4.69, 9.17) is 4.74 Å². The Kier molecular flexibility index (Phi) is 6.77. The SMILES string of the molecule is CCOC(=O)CCCN(c1ccccc1)C(C)C(C)=O. The van der Waals surface area contributed by atoms with Crippen LogP contribution in [0.3, 0.4) is 0 Å². The van der Waals surface area contributed by atoms with Gasteiger partial charge < -0.3 is 9.64 Å². The standard InChI is InChI=1S/C16H23NO3/c1-4-20-16(19)11-8-12-17(13(2)14(3)18)15-9-6-5-7-10-15/h5-7,9-10,13H,4,8,11-12H2,1-3H3. The summed E-state index contributed by atoms with van der Waals surface area (Å²) in [4.78, 5) is 25.0. The van der Waals surface area contributed by atoms with Crippen molar-refractivity contribution in [2.75, 3.05) is 18.1 Å². The molecule has 0 aromatic heterocycles. The Labute approximate surface area is 120 Å². The highest BCUT2D eigenvalue weighted by molar-refractivity contribution is 5.84. The largest absolute Gasteiger partial charge is 0.466 e. The average molecular weight is 277 g/mol. The van der Waals surface area contributed by atoms with E-state index in [1.165, 1.54) is 0 Å². The molecule has 4 heteroatoms. The lowest BCUT2D eigenvalue weighted by Gasteiger charge is -2.29. The third kappa shape index (κ3) is 5.03. The number of carbonyl (C=O) groups is 2. The maximum atomic E-state index is 11.6. The van der Waals surface area contributed by atoms with E-state index in [-0.39, 0.29) is 17.8 Å². The topological polar surface area (TPSA) is 46.6 Å². The van der Waals surface area contributed by atoms with Crippen LogP contribution in [0.25, 0.3) is 0 Å². The van der Waals surface area contributed by atoms with Crippen LogP contribution in [0.4, 0.5) is 5.69 Å². The average Bonchev–Trinajstić information content (AvgIpc) is 2.44. The van der Waals surface area contributed by atoms with E-state index in [0.29, 0.717) is 26.0 Å². The second-order valence-corrected chi connectivity index (χ2v) is 4.72. The first-order valence-electron chi connectivity index (χ1n) is 7.04. The summed E-state index contributed by atoms with van der Waals surface area (Å²) in [7, 11) is 0. The number of carbonyl (C=O) groups excluding carboxylic acids is 2. The van der Waals surface area contributed by atoms with Crippen LogP contribution in [0.5, 0.6) is 0 Å². The molecule has 0 heterocycles. The molecule has 0 aliphatic heterocycles. The van der Waals surface area contributed by atoms with E-state index < -0.39 is 0 Å². The third-order valence-electron chi connectivity index (χ3n) is 3.23. The van der Waals surface area contributed by atoms with Crippen molar-refractivity contribution in [2.24, 2.45) is 0 Å². The summed E-state index contributed by atoms with van der Waals surface area (Å²) in [5.41, 5.74) is 0.999. The number of hydrogen-bond acceptors (Lipinski definition) is 4.